The molecule has 0 bridgehead atoms. The van der Waals surface area contributed by atoms with E-state index in [-0.39, 0.29) is 0 Å². The van der Waals surface area contributed by atoms with Crippen LogP contribution in [0.5, 0.6) is 0 Å². The molecule has 1 aromatic heterocycles. The highest BCUT2D eigenvalue weighted by atomic mass is 16.5. The third-order valence-corrected chi connectivity index (χ3v) is 3.48. The first-order chi connectivity index (χ1) is 11.1. The minimum atomic E-state index is -0.487. The molecular formula is C17H16N4O2. The van der Waals surface area contributed by atoms with Crippen molar-refractivity contribution in [2.45, 2.75) is 13.5 Å². The molecule has 0 aliphatic heterocycles. The maximum absolute atomic E-state index is 11.4. The molecule has 0 atom stereocenters. The summed E-state index contributed by atoms with van der Waals surface area (Å²) in [6.07, 6.45) is 0. The summed E-state index contributed by atoms with van der Waals surface area (Å²) >= 11 is 0. The number of aromatic nitrogens is 2. The first kappa shape index (κ1) is 14.8. The lowest BCUT2D eigenvalue weighted by atomic mass is 10.1. The lowest BCUT2D eigenvalue weighted by molar-refractivity contribution is 0.100. The molecule has 1 heterocycles. The SMILES string of the molecule is Cc1ccccc1-c1noc(CNc2ccccc2C(N)=O)n1. The quantitative estimate of drug-likeness (QED) is 0.756. The van der Waals surface area contributed by atoms with E-state index in [4.69, 9.17) is 10.3 Å². The predicted molar refractivity (Wildman–Crippen MR) is 86.8 cm³/mol. The third-order valence-electron chi connectivity index (χ3n) is 3.48. The number of amides is 1. The van der Waals surface area contributed by atoms with E-state index in [1.165, 1.54) is 0 Å². The Morgan fingerprint density at radius 3 is 2.70 bits per heavy atom. The number of anilines is 1. The number of rotatable bonds is 5. The van der Waals surface area contributed by atoms with Crippen LogP contribution in [-0.4, -0.2) is 16.0 Å². The Kier molecular flexibility index (Phi) is 4.05. The van der Waals surface area contributed by atoms with Crippen molar-refractivity contribution in [3.63, 3.8) is 0 Å². The molecule has 0 spiro atoms. The van der Waals surface area contributed by atoms with E-state index in [1.54, 1.807) is 18.2 Å². The van der Waals surface area contributed by atoms with E-state index in [9.17, 15) is 4.79 Å². The number of carbonyl (C=O) groups is 1. The van der Waals surface area contributed by atoms with Crippen LogP contribution in [0.15, 0.2) is 53.1 Å². The molecule has 3 N–H and O–H groups in total. The second-order valence-corrected chi connectivity index (χ2v) is 5.09. The van der Waals surface area contributed by atoms with E-state index < -0.39 is 5.91 Å². The van der Waals surface area contributed by atoms with Gasteiger partial charge in [-0.1, -0.05) is 41.6 Å². The predicted octanol–water partition coefficient (Wildman–Crippen LogP) is 2.76. The number of primary amides is 1. The van der Waals surface area contributed by atoms with Crippen molar-refractivity contribution in [2.75, 3.05) is 5.32 Å². The van der Waals surface area contributed by atoms with Gasteiger partial charge in [-0.25, -0.2) is 0 Å². The van der Waals surface area contributed by atoms with E-state index in [0.717, 1.165) is 11.1 Å². The molecule has 2 aromatic carbocycles. The fourth-order valence-corrected chi connectivity index (χ4v) is 2.28. The van der Waals surface area contributed by atoms with Gasteiger partial charge in [0.2, 0.25) is 11.7 Å². The van der Waals surface area contributed by atoms with E-state index >= 15 is 0 Å². The highest BCUT2D eigenvalue weighted by Gasteiger charge is 2.12. The van der Waals surface area contributed by atoms with Gasteiger partial charge in [0.1, 0.15) is 0 Å². The van der Waals surface area contributed by atoms with Crippen LogP contribution in [0.25, 0.3) is 11.4 Å². The second kappa shape index (κ2) is 6.31. The standard InChI is InChI=1S/C17H16N4O2/c1-11-6-2-3-7-12(11)17-20-15(23-21-17)10-19-14-9-5-4-8-13(14)16(18)22/h2-9,19H,10H2,1H3,(H2,18,22). The molecule has 116 valence electrons. The van der Waals surface area contributed by atoms with Crippen molar-refractivity contribution >= 4 is 11.6 Å². The molecule has 0 saturated carbocycles. The highest BCUT2D eigenvalue weighted by molar-refractivity contribution is 5.98. The van der Waals surface area contributed by atoms with Crippen molar-refractivity contribution in [3.8, 4) is 11.4 Å². The normalized spacial score (nSPS) is 10.5. The van der Waals surface area contributed by atoms with Gasteiger partial charge in [-0.05, 0) is 24.6 Å². The van der Waals surface area contributed by atoms with E-state index in [1.807, 2.05) is 37.3 Å². The summed E-state index contributed by atoms with van der Waals surface area (Å²) < 4.78 is 5.26. The summed E-state index contributed by atoms with van der Waals surface area (Å²) in [5.41, 5.74) is 8.41. The number of carbonyl (C=O) groups excluding carboxylic acids is 1. The zero-order valence-corrected chi connectivity index (χ0v) is 12.6. The topological polar surface area (TPSA) is 94.0 Å². The lowest BCUT2D eigenvalue weighted by Crippen LogP contribution is -2.14. The van der Waals surface area contributed by atoms with Crippen molar-refractivity contribution in [2.24, 2.45) is 5.73 Å². The van der Waals surface area contributed by atoms with Crippen LogP contribution in [-0.2, 0) is 6.54 Å². The van der Waals surface area contributed by atoms with Crippen LogP contribution in [0.2, 0.25) is 0 Å². The van der Waals surface area contributed by atoms with Gasteiger partial charge in [-0.2, -0.15) is 4.98 Å². The van der Waals surface area contributed by atoms with Crippen LogP contribution < -0.4 is 11.1 Å². The number of aryl methyl sites for hydroxylation is 1. The molecule has 0 unspecified atom stereocenters. The largest absolute Gasteiger partial charge is 0.375 e. The minimum absolute atomic E-state index is 0.309. The summed E-state index contributed by atoms with van der Waals surface area (Å²) in [5.74, 6) is 0.491. The summed E-state index contributed by atoms with van der Waals surface area (Å²) in [4.78, 5) is 15.8. The first-order valence-corrected chi connectivity index (χ1v) is 7.16. The average Bonchev–Trinajstić information content (AvgIpc) is 3.02. The summed E-state index contributed by atoms with van der Waals surface area (Å²) in [5, 5.41) is 7.09. The molecule has 1 amide bonds. The maximum atomic E-state index is 11.4. The maximum Gasteiger partial charge on any atom is 0.250 e. The van der Waals surface area contributed by atoms with Crippen LogP contribution in [0.4, 0.5) is 5.69 Å². The Hall–Kier alpha value is -3.15. The van der Waals surface area contributed by atoms with Crippen LogP contribution in [0.1, 0.15) is 21.8 Å². The number of para-hydroxylation sites is 1. The third kappa shape index (κ3) is 3.21. The molecule has 0 radical (unpaired) electrons. The Labute approximate surface area is 133 Å². The van der Waals surface area contributed by atoms with Gasteiger partial charge in [0.15, 0.2) is 0 Å². The zero-order chi connectivity index (χ0) is 16.2. The van der Waals surface area contributed by atoms with Gasteiger partial charge in [-0.15, -0.1) is 0 Å². The molecule has 3 rings (SSSR count). The minimum Gasteiger partial charge on any atom is -0.375 e. The van der Waals surface area contributed by atoms with Crippen LogP contribution >= 0.6 is 0 Å². The summed E-state index contributed by atoms with van der Waals surface area (Å²) in [6, 6.07) is 14.8. The molecule has 0 saturated heterocycles. The number of nitrogens with two attached hydrogens (primary N) is 1. The number of benzene rings is 2. The molecule has 0 aliphatic rings. The van der Waals surface area contributed by atoms with Gasteiger partial charge in [0.25, 0.3) is 5.91 Å². The molecule has 6 nitrogen and oxygen atoms in total. The van der Waals surface area contributed by atoms with Crippen LogP contribution in [0.3, 0.4) is 0 Å². The summed E-state index contributed by atoms with van der Waals surface area (Å²) in [6.45, 7) is 2.30. The van der Waals surface area contributed by atoms with Gasteiger partial charge >= 0.3 is 0 Å². The Morgan fingerprint density at radius 1 is 1.17 bits per heavy atom. The average molecular weight is 308 g/mol. The second-order valence-electron chi connectivity index (χ2n) is 5.09. The Bertz CT molecular complexity index is 842. The number of nitrogens with zero attached hydrogens (tertiary/aromatic N) is 2. The first-order valence-electron chi connectivity index (χ1n) is 7.16. The molecule has 0 aliphatic carbocycles. The Morgan fingerprint density at radius 2 is 1.91 bits per heavy atom. The molecule has 3 aromatic rings. The lowest BCUT2D eigenvalue weighted by Gasteiger charge is -2.07. The number of nitrogens with one attached hydrogen (secondary N) is 1. The van der Waals surface area contributed by atoms with Gasteiger partial charge in [-0.3, -0.25) is 4.79 Å². The molecule has 6 heteroatoms. The smallest absolute Gasteiger partial charge is 0.250 e. The van der Waals surface area contributed by atoms with Gasteiger partial charge in [0.05, 0.1) is 12.1 Å². The zero-order valence-electron chi connectivity index (χ0n) is 12.6. The van der Waals surface area contributed by atoms with E-state index in [2.05, 4.69) is 15.5 Å². The van der Waals surface area contributed by atoms with Crippen molar-refractivity contribution in [1.29, 1.82) is 0 Å². The molecule has 23 heavy (non-hydrogen) atoms. The molecular weight excluding hydrogens is 292 g/mol. The van der Waals surface area contributed by atoms with Crippen LogP contribution in [0, 0.1) is 6.92 Å². The summed E-state index contributed by atoms with van der Waals surface area (Å²) in [7, 11) is 0. The monoisotopic (exact) mass is 308 g/mol. The molecule has 0 fully saturated rings. The number of hydrogen-bond donors (Lipinski definition) is 2. The van der Waals surface area contributed by atoms with E-state index in [0.29, 0.717) is 29.5 Å². The van der Waals surface area contributed by atoms with Gasteiger partial charge in [0, 0.05) is 11.3 Å². The fourth-order valence-electron chi connectivity index (χ4n) is 2.28. The van der Waals surface area contributed by atoms with Crippen molar-refractivity contribution in [1.82, 2.24) is 10.1 Å². The number of hydrogen-bond acceptors (Lipinski definition) is 5. The van der Waals surface area contributed by atoms with Gasteiger partial charge < -0.3 is 15.6 Å². The Balaban J connectivity index is 1.76. The highest BCUT2D eigenvalue weighted by Crippen LogP contribution is 2.20. The fraction of sp³-hybridized carbons (Fsp3) is 0.118. The van der Waals surface area contributed by atoms with Crippen molar-refractivity contribution in [3.05, 3.63) is 65.5 Å². The van der Waals surface area contributed by atoms with Crippen molar-refractivity contribution < 1.29 is 9.32 Å².